The first kappa shape index (κ1) is 20.5. The van der Waals surface area contributed by atoms with E-state index in [-0.39, 0.29) is 24.4 Å². The van der Waals surface area contributed by atoms with Crippen LogP contribution in [0.2, 0.25) is 0 Å². The van der Waals surface area contributed by atoms with Crippen LogP contribution in [0.5, 0.6) is 11.5 Å². The van der Waals surface area contributed by atoms with Gasteiger partial charge in [0, 0.05) is 13.0 Å². The molecule has 162 valence electrons. The Morgan fingerprint density at radius 2 is 1.87 bits per heavy atom. The number of carbonyl (C=O) groups excluding carboxylic acids is 3. The Hall–Kier alpha value is -2.77. The number of urea groups is 1. The standard InChI is InChI=1S/C22H29N3O5/c1-3-22(4-2)20(27)25(21(28)23-22)14-19(26)24-10-5-7-16(24)15-8-9-17-18(13-15)30-12-6-11-29-17/h8-9,13,16H,3-7,10-12,14H2,1-2H3,(H,23,28)/t16-/m0/s1. The predicted octanol–water partition coefficient (Wildman–Crippen LogP) is 2.62. The van der Waals surface area contributed by atoms with Crippen LogP contribution in [0.25, 0.3) is 0 Å². The molecule has 3 aliphatic heterocycles. The maximum Gasteiger partial charge on any atom is 0.325 e. The lowest BCUT2D eigenvalue weighted by atomic mass is 9.93. The average molecular weight is 415 g/mol. The summed E-state index contributed by atoms with van der Waals surface area (Å²) in [6.45, 7) is 5.35. The summed E-state index contributed by atoms with van der Waals surface area (Å²) in [6, 6.07) is 5.23. The zero-order valence-corrected chi connectivity index (χ0v) is 17.6. The van der Waals surface area contributed by atoms with Crippen LogP contribution < -0.4 is 14.8 Å². The number of fused-ring (bicyclic) bond motifs is 1. The smallest absolute Gasteiger partial charge is 0.325 e. The summed E-state index contributed by atoms with van der Waals surface area (Å²) in [4.78, 5) is 41.2. The molecule has 8 nitrogen and oxygen atoms in total. The van der Waals surface area contributed by atoms with Gasteiger partial charge >= 0.3 is 6.03 Å². The van der Waals surface area contributed by atoms with Crippen LogP contribution in [0.4, 0.5) is 4.79 Å². The Kier molecular flexibility index (Phi) is 5.58. The third-order valence-corrected chi connectivity index (χ3v) is 6.48. The van der Waals surface area contributed by atoms with Crippen molar-refractivity contribution in [3.63, 3.8) is 0 Å². The van der Waals surface area contributed by atoms with Gasteiger partial charge in [-0.05, 0) is 43.4 Å². The van der Waals surface area contributed by atoms with Crippen molar-refractivity contribution in [1.29, 1.82) is 0 Å². The van der Waals surface area contributed by atoms with Crippen LogP contribution >= 0.6 is 0 Å². The third kappa shape index (κ3) is 3.48. The van der Waals surface area contributed by atoms with E-state index in [2.05, 4.69) is 5.32 Å². The van der Waals surface area contributed by atoms with E-state index in [1.165, 1.54) is 0 Å². The van der Waals surface area contributed by atoms with E-state index in [4.69, 9.17) is 9.47 Å². The molecule has 4 amide bonds. The topological polar surface area (TPSA) is 88.2 Å². The number of hydrogen-bond acceptors (Lipinski definition) is 5. The molecule has 1 aromatic rings. The average Bonchev–Trinajstić information content (AvgIpc) is 3.24. The van der Waals surface area contributed by atoms with Gasteiger partial charge < -0.3 is 19.7 Å². The molecule has 3 heterocycles. The summed E-state index contributed by atoms with van der Waals surface area (Å²) in [5.74, 6) is 0.907. The van der Waals surface area contributed by atoms with Crippen molar-refractivity contribution in [1.82, 2.24) is 15.1 Å². The second-order valence-electron chi connectivity index (χ2n) is 8.11. The van der Waals surface area contributed by atoms with Crippen molar-refractivity contribution in [2.24, 2.45) is 0 Å². The minimum atomic E-state index is -0.893. The van der Waals surface area contributed by atoms with E-state index >= 15 is 0 Å². The molecule has 0 radical (unpaired) electrons. The van der Waals surface area contributed by atoms with Gasteiger partial charge in [0.25, 0.3) is 5.91 Å². The monoisotopic (exact) mass is 415 g/mol. The summed E-state index contributed by atoms with van der Waals surface area (Å²) in [7, 11) is 0. The maximum absolute atomic E-state index is 13.1. The van der Waals surface area contributed by atoms with Crippen molar-refractivity contribution in [3.8, 4) is 11.5 Å². The molecule has 2 saturated heterocycles. The van der Waals surface area contributed by atoms with Gasteiger partial charge in [-0.15, -0.1) is 0 Å². The number of hydrogen-bond donors (Lipinski definition) is 1. The lowest BCUT2D eigenvalue weighted by Gasteiger charge is -2.27. The molecule has 8 heteroatoms. The van der Waals surface area contributed by atoms with Gasteiger partial charge in [0.2, 0.25) is 5.91 Å². The number of rotatable bonds is 5. The predicted molar refractivity (Wildman–Crippen MR) is 109 cm³/mol. The Morgan fingerprint density at radius 1 is 1.13 bits per heavy atom. The Bertz CT molecular complexity index is 851. The first-order valence-corrected chi connectivity index (χ1v) is 10.8. The summed E-state index contributed by atoms with van der Waals surface area (Å²) in [6.07, 6.45) is 3.55. The molecule has 0 aromatic heterocycles. The van der Waals surface area contributed by atoms with Gasteiger partial charge in [-0.3, -0.25) is 14.5 Å². The first-order valence-electron chi connectivity index (χ1n) is 10.8. The molecular formula is C22H29N3O5. The van der Waals surface area contributed by atoms with Crippen molar-refractivity contribution in [2.75, 3.05) is 26.3 Å². The molecule has 3 aliphatic rings. The van der Waals surface area contributed by atoms with Crippen LogP contribution in [0.15, 0.2) is 18.2 Å². The van der Waals surface area contributed by atoms with Crippen LogP contribution in [0.1, 0.15) is 57.6 Å². The highest BCUT2D eigenvalue weighted by atomic mass is 16.5. The molecule has 0 unspecified atom stereocenters. The van der Waals surface area contributed by atoms with Crippen molar-refractivity contribution in [3.05, 3.63) is 23.8 Å². The van der Waals surface area contributed by atoms with Gasteiger partial charge in [-0.2, -0.15) is 0 Å². The number of imide groups is 1. The summed E-state index contributed by atoms with van der Waals surface area (Å²) in [5.41, 5.74) is 0.0922. The van der Waals surface area contributed by atoms with Gasteiger partial charge in [-0.1, -0.05) is 19.9 Å². The Balaban J connectivity index is 1.50. The quantitative estimate of drug-likeness (QED) is 0.747. The zero-order chi connectivity index (χ0) is 21.3. The van der Waals surface area contributed by atoms with E-state index in [1.54, 1.807) is 4.90 Å². The lowest BCUT2D eigenvalue weighted by molar-refractivity contribution is -0.139. The maximum atomic E-state index is 13.1. The van der Waals surface area contributed by atoms with E-state index in [9.17, 15) is 14.4 Å². The molecule has 4 rings (SSSR count). The lowest BCUT2D eigenvalue weighted by Crippen LogP contribution is -2.47. The fraction of sp³-hybridized carbons (Fsp3) is 0.591. The molecule has 0 spiro atoms. The van der Waals surface area contributed by atoms with Crippen LogP contribution in [0, 0.1) is 0 Å². The number of likely N-dealkylation sites (tertiary alicyclic amines) is 1. The van der Waals surface area contributed by atoms with Crippen LogP contribution in [-0.4, -0.2) is 59.5 Å². The fourth-order valence-corrected chi connectivity index (χ4v) is 4.57. The van der Waals surface area contributed by atoms with Gasteiger partial charge in [0.15, 0.2) is 11.5 Å². The van der Waals surface area contributed by atoms with E-state index < -0.39 is 11.6 Å². The number of nitrogens with zero attached hydrogens (tertiary/aromatic N) is 2. The second kappa shape index (κ2) is 8.16. The fourth-order valence-electron chi connectivity index (χ4n) is 4.57. The van der Waals surface area contributed by atoms with Crippen molar-refractivity contribution < 1.29 is 23.9 Å². The number of ether oxygens (including phenoxy) is 2. The molecule has 2 fully saturated rings. The Labute approximate surface area is 176 Å². The molecule has 1 N–H and O–H groups in total. The number of nitrogens with one attached hydrogen (secondary N) is 1. The van der Waals surface area contributed by atoms with Gasteiger partial charge in [0.1, 0.15) is 12.1 Å². The normalized spacial score (nSPS) is 22.8. The second-order valence-corrected chi connectivity index (χ2v) is 8.11. The Morgan fingerprint density at radius 3 is 2.57 bits per heavy atom. The van der Waals surface area contributed by atoms with Crippen LogP contribution in [-0.2, 0) is 9.59 Å². The highest BCUT2D eigenvalue weighted by Crippen LogP contribution is 2.38. The van der Waals surface area contributed by atoms with Crippen molar-refractivity contribution >= 4 is 17.8 Å². The summed E-state index contributed by atoms with van der Waals surface area (Å²) in [5, 5.41) is 2.78. The third-order valence-electron chi connectivity index (χ3n) is 6.48. The van der Waals surface area contributed by atoms with Gasteiger partial charge in [-0.25, -0.2) is 4.79 Å². The SMILES string of the molecule is CCC1(CC)NC(=O)N(CC(=O)N2CCC[C@H]2c2ccc3c(c2)OCCCO3)C1=O. The first-order chi connectivity index (χ1) is 14.5. The molecule has 1 aromatic carbocycles. The van der Waals surface area contributed by atoms with Gasteiger partial charge in [0.05, 0.1) is 19.3 Å². The highest BCUT2D eigenvalue weighted by molar-refractivity contribution is 6.09. The molecule has 0 aliphatic carbocycles. The zero-order valence-electron chi connectivity index (χ0n) is 17.6. The van der Waals surface area contributed by atoms with E-state index in [1.807, 2.05) is 32.0 Å². The number of carbonyl (C=O) groups is 3. The van der Waals surface area contributed by atoms with Crippen molar-refractivity contribution in [2.45, 2.75) is 57.5 Å². The molecule has 1 atom stereocenters. The highest BCUT2D eigenvalue weighted by Gasteiger charge is 2.49. The minimum absolute atomic E-state index is 0.0995. The summed E-state index contributed by atoms with van der Waals surface area (Å²) < 4.78 is 11.5. The molecular weight excluding hydrogens is 386 g/mol. The van der Waals surface area contributed by atoms with E-state index in [0.717, 1.165) is 35.5 Å². The van der Waals surface area contributed by atoms with Crippen LogP contribution in [0.3, 0.4) is 0 Å². The number of benzene rings is 1. The number of amides is 4. The molecule has 0 bridgehead atoms. The largest absolute Gasteiger partial charge is 0.490 e. The molecule has 0 saturated carbocycles. The molecule has 30 heavy (non-hydrogen) atoms. The minimum Gasteiger partial charge on any atom is -0.490 e. The summed E-state index contributed by atoms with van der Waals surface area (Å²) >= 11 is 0. The van der Waals surface area contributed by atoms with E-state index in [0.29, 0.717) is 38.3 Å².